The molecule has 0 fully saturated rings. The summed E-state index contributed by atoms with van der Waals surface area (Å²) >= 11 is 0. The van der Waals surface area contributed by atoms with Gasteiger partial charge in [0.25, 0.3) is 0 Å². The lowest BCUT2D eigenvalue weighted by Crippen LogP contribution is -2.31. The van der Waals surface area contributed by atoms with E-state index < -0.39 is 6.10 Å². The summed E-state index contributed by atoms with van der Waals surface area (Å²) in [5, 5.41) is 16.4. The molecule has 1 aromatic carbocycles. The van der Waals surface area contributed by atoms with Crippen molar-refractivity contribution >= 4 is 0 Å². The maximum atomic E-state index is 9.74. The monoisotopic (exact) mass is 263 g/mol. The Bertz CT molecular complexity index is 470. The summed E-state index contributed by atoms with van der Waals surface area (Å²) in [5.41, 5.74) is 1.18. The summed E-state index contributed by atoms with van der Waals surface area (Å²) < 4.78 is 10.1. The van der Waals surface area contributed by atoms with Crippen LogP contribution in [0.4, 0.5) is 0 Å². The number of hydrogen-bond acceptors (Lipinski definition) is 6. The fraction of sp³-hybridized carbons (Fsp3) is 0.385. The zero-order valence-corrected chi connectivity index (χ0v) is 10.7. The second kappa shape index (κ2) is 6.86. The lowest BCUT2D eigenvalue weighted by atomic mass is 10.2. The number of ether oxygens (including phenoxy) is 1. The van der Waals surface area contributed by atoms with E-state index in [0.29, 0.717) is 18.9 Å². The minimum absolute atomic E-state index is 0.238. The molecule has 0 aliphatic carbocycles. The molecule has 0 aliphatic rings. The van der Waals surface area contributed by atoms with E-state index in [-0.39, 0.29) is 6.61 Å². The van der Waals surface area contributed by atoms with Crippen molar-refractivity contribution < 1.29 is 14.4 Å². The van der Waals surface area contributed by atoms with E-state index in [1.807, 2.05) is 31.2 Å². The molecular weight excluding hydrogens is 246 g/mol. The molecule has 6 nitrogen and oxygen atoms in total. The molecule has 0 aliphatic heterocycles. The first-order valence-electron chi connectivity index (χ1n) is 6.07. The third-order valence-corrected chi connectivity index (χ3v) is 2.53. The fourth-order valence-electron chi connectivity index (χ4n) is 1.51. The first kappa shape index (κ1) is 13.5. The van der Waals surface area contributed by atoms with E-state index >= 15 is 0 Å². The van der Waals surface area contributed by atoms with Crippen LogP contribution < -0.4 is 10.1 Å². The standard InChI is InChI=1S/C13H17N3O3/c1-10-2-4-12(5-3-10)18-8-11(17)6-14-7-13-15-9-19-16-13/h2-5,9,11,14,17H,6-8H2,1H3. The Kier molecular flexibility index (Phi) is 4.88. The van der Waals surface area contributed by atoms with E-state index in [0.717, 1.165) is 5.75 Å². The quantitative estimate of drug-likeness (QED) is 0.772. The molecule has 0 saturated heterocycles. The van der Waals surface area contributed by atoms with E-state index in [4.69, 9.17) is 4.74 Å². The van der Waals surface area contributed by atoms with Gasteiger partial charge in [-0.25, -0.2) is 0 Å². The lowest BCUT2D eigenvalue weighted by molar-refractivity contribution is 0.106. The van der Waals surface area contributed by atoms with Gasteiger partial charge in [0, 0.05) is 6.54 Å². The molecule has 102 valence electrons. The molecule has 19 heavy (non-hydrogen) atoms. The number of aliphatic hydroxyl groups is 1. The molecule has 2 aromatic rings. The number of rotatable bonds is 7. The molecule has 0 bridgehead atoms. The van der Waals surface area contributed by atoms with Crippen LogP contribution in [0.25, 0.3) is 0 Å². The Balaban J connectivity index is 1.64. The SMILES string of the molecule is Cc1ccc(OCC(O)CNCc2ncon2)cc1. The molecule has 2 N–H and O–H groups in total. The smallest absolute Gasteiger partial charge is 0.213 e. The molecule has 1 atom stereocenters. The van der Waals surface area contributed by atoms with Gasteiger partial charge < -0.3 is 19.7 Å². The van der Waals surface area contributed by atoms with Crippen molar-refractivity contribution in [3.63, 3.8) is 0 Å². The molecular formula is C13H17N3O3. The summed E-state index contributed by atoms with van der Waals surface area (Å²) in [5.74, 6) is 1.31. The Morgan fingerprint density at radius 1 is 1.37 bits per heavy atom. The first-order valence-corrected chi connectivity index (χ1v) is 6.07. The number of aromatic nitrogens is 2. The second-order valence-electron chi connectivity index (χ2n) is 4.26. The van der Waals surface area contributed by atoms with Gasteiger partial charge in [0.05, 0.1) is 6.54 Å². The number of nitrogens with one attached hydrogen (secondary N) is 1. The fourth-order valence-corrected chi connectivity index (χ4v) is 1.51. The van der Waals surface area contributed by atoms with Gasteiger partial charge in [-0.2, -0.15) is 4.98 Å². The summed E-state index contributed by atoms with van der Waals surface area (Å²) in [6, 6.07) is 7.70. The first-order chi connectivity index (χ1) is 9.24. The predicted octanol–water partition coefficient (Wildman–Crippen LogP) is 0.908. The Labute approximate surface area is 111 Å². The predicted molar refractivity (Wildman–Crippen MR) is 68.7 cm³/mol. The van der Waals surface area contributed by atoms with Crippen LogP contribution in [0, 0.1) is 6.92 Å². The van der Waals surface area contributed by atoms with Crippen LogP contribution in [0.5, 0.6) is 5.75 Å². The second-order valence-corrected chi connectivity index (χ2v) is 4.26. The van der Waals surface area contributed by atoms with Crippen molar-refractivity contribution in [1.29, 1.82) is 0 Å². The molecule has 2 rings (SSSR count). The van der Waals surface area contributed by atoms with Crippen molar-refractivity contribution in [2.45, 2.75) is 19.6 Å². The van der Waals surface area contributed by atoms with Gasteiger partial charge in [0.15, 0.2) is 5.82 Å². The van der Waals surface area contributed by atoms with Crippen molar-refractivity contribution in [2.75, 3.05) is 13.2 Å². The maximum Gasteiger partial charge on any atom is 0.213 e. The third-order valence-electron chi connectivity index (χ3n) is 2.53. The highest BCUT2D eigenvalue weighted by Crippen LogP contribution is 2.11. The number of benzene rings is 1. The zero-order valence-electron chi connectivity index (χ0n) is 10.7. The minimum Gasteiger partial charge on any atom is -0.491 e. The Morgan fingerprint density at radius 3 is 2.84 bits per heavy atom. The number of aliphatic hydroxyl groups excluding tert-OH is 1. The molecule has 6 heteroatoms. The van der Waals surface area contributed by atoms with E-state index in [1.165, 1.54) is 12.0 Å². The average Bonchev–Trinajstić information content (AvgIpc) is 2.91. The van der Waals surface area contributed by atoms with Gasteiger partial charge in [-0.05, 0) is 19.1 Å². The van der Waals surface area contributed by atoms with Crippen molar-refractivity contribution in [1.82, 2.24) is 15.5 Å². The van der Waals surface area contributed by atoms with Gasteiger partial charge in [-0.15, -0.1) is 0 Å². The Hall–Kier alpha value is -1.92. The van der Waals surface area contributed by atoms with Crippen LogP contribution in [-0.2, 0) is 6.54 Å². The topological polar surface area (TPSA) is 80.4 Å². The molecule has 0 saturated carbocycles. The van der Waals surface area contributed by atoms with E-state index in [2.05, 4.69) is 20.0 Å². The van der Waals surface area contributed by atoms with Gasteiger partial charge >= 0.3 is 0 Å². The average molecular weight is 263 g/mol. The van der Waals surface area contributed by atoms with Gasteiger partial charge in [-0.3, -0.25) is 0 Å². The van der Waals surface area contributed by atoms with Crippen LogP contribution in [0.2, 0.25) is 0 Å². The number of nitrogens with zero attached hydrogens (tertiary/aromatic N) is 2. The van der Waals surface area contributed by atoms with Crippen LogP contribution in [0.3, 0.4) is 0 Å². The molecule has 1 unspecified atom stereocenters. The van der Waals surface area contributed by atoms with Crippen molar-refractivity contribution in [2.24, 2.45) is 0 Å². The number of aryl methyl sites for hydroxylation is 1. The highest BCUT2D eigenvalue weighted by Gasteiger charge is 2.06. The van der Waals surface area contributed by atoms with Crippen molar-refractivity contribution in [3.05, 3.63) is 42.0 Å². The third kappa shape index (κ3) is 4.69. The highest BCUT2D eigenvalue weighted by atomic mass is 16.5. The summed E-state index contributed by atoms with van der Waals surface area (Å²) in [7, 11) is 0. The molecule has 0 amide bonds. The summed E-state index contributed by atoms with van der Waals surface area (Å²) in [4.78, 5) is 3.86. The van der Waals surface area contributed by atoms with E-state index in [1.54, 1.807) is 0 Å². The maximum absolute atomic E-state index is 9.74. The molecule has 1 heterocycles. The van der Waals surface area contributed by atoms with Gasteiger partial charge in [0.2, 0.25) is 6.39 Å². The number of hydrogen-bond donors (Lipinski definition) is 2. The normalized spacial score (nSPS) is 12.3. The zero-order chi connectivity index (χ0) is 13.5. The van der Waals surface area contributed by atoms with Crippen LogP contribution in [0.15, 0.2) is 35.2 Å². The Morgan fingerprint density at radius 2 is 2.16 bits per heavy atom. The van der Waals surface area contributed by atoms with Crippen LogP contribution >= 0.6 is 0 Å². The minimum atomic E-state index is -0.590. The molecule has 0 spiro atoms. The van der Waals surface area contributed by atoms with E-state index in [9.17, 15) is 5.11 Å². The summed E-state index contributed by atoms with van der Waals surface area (Å²) in [6.45, 7) is 3.11. The van der Waals surface area contributed by atoms with Gasteiger partial charge in [0.1, 0.15) is 18.5 Å². The van der Waals surface area contributed by atoms with Crippen molar-refractivity contribution in [3.8, 4) is 5.75 Å². The van der Waals surface area contributed by atoms with Crippen LogP contribution in [0.1, 0.15) is 11.4 Å². The van der Waals surface area contributed by atoms with Gasteiger partial charge in [-0.1, -0.05) is 22.9 Å². The molecule has 0 radical (unpaired) electrons. The summed E-state index contributed by atoms with van der Waals surface area (Å²) in [6.07, 6.45) is 0.682. The largest absolute Gasteiger partial charge is 0.491 e. The molecule has 1 aromatic heterocycles. The lowest BCUT2D eigenvalue weighted by Gasteiger charge is -2.12. The highest BCUT2D eigenvalue weighted by molar-refractivity contribution is 5.26. The van der Waals surface area contributed by atoms with Crippen LogP contribution in [-0.4, -0.2) is 34.5 Å².